The van der Waals surface area contributed by atoms with Gasteiger partial charge in [0.1, 0.15) is 18.4 Å². The van der Waals surface area contributed by atoms with E-state index in [9.17, 15) is 9.59 Å². The Morgan fingerprint density at radius 3 is 2.86 bits per heavy atom. The van der Waals surface area contributed by atoms with E-state index >= 15 is 0 Å². The lowest BCUT2D eigenvalue weighted by molar-refractivity contribution is -0.141. The summed E-state index contributed by atoms with van der Waals surface area (Å²) < 4.78 is 16.7. The molecule has 3 rings (SSSR count). The summed E-state index contributed by atoms with van der Waals surface area (Å²) in [5.74, 6) is 0.636. The second-order valence-electron chi connectivity index (χ2n) is 6.17. The maximum atomic E-state index is 12.9. The van der Waals surface area contributed by atoms with Crippen LogP contribution in [-0.4, -0.2) is 55.1 Å². The average molecular weight is 469 g/mol. The molecular formula is C19H21BrN2O5S. The predicted molar refractivity (Wildman–Crippen MR) is 110 cm³/mol. The molecule has 28 heavy (non-hydrogen) atoms. The zero-order valence-electron chi connectivity index (χ0n) is 15.9. The van der Waals surface area contributed by atoms with E-state index < -0.39 is 12.0 Å². The molecule has 0 radical (unpaired) electrons. The standard InChI is InChI=1S/C19H21BrN2O5S/c1-11-16(18(24)27-8-7-25-2)17(13-10-12(20)4-5-14(13)26-3)22-15(23)6-9-28-19(22)21-11/h4-5,10,17H,6-9H2,1-3H3/t17-/m1/s1. The zero-order valence-corrected chi connectivity index (χ0v) is 18.3. The van der Waals surface area contributed by atoms with E-state index in [0.717, 1.165) is 4.47 Å². The van der Waals surface area contributed by atoms with Crippen LogP contribution in [0.1, 0.15) is 24.9 Å². The third-order valence-corrected chi connectivity index (χ3v) is 5.88. The minimum Gasteiger partial charge on any atom is -0.496 e. The number of amides is 1. The number of thioether (sulfide) groups is 1. The minimum absolute atomic E-state index is 0.0841. The van der Waals surface area contributed by atoms with Gasteiger partial charge in [-0.15, -0.1) is 0 Å². The Morgan fingerprint density at radius 2 is 2.14 bits per heavy atom. The van der Waals surface area contributed by atoms with E-state index in [0.29, 0.717) is 39.9 Å². The van der Waals surface area contributed by atoms with E-state index in [-0.39, 0.29) is 19.1 Å². The fraction of sp³-hybridized carbons (Fsp3) is 0.421. The summed E-state index contributed by atoms with van der Waals surface area (Å²) in [5.41, 5.74) is 1.55. The number of esters is 1. The fourth-order valence-electron chi connectivity index (χ4n) is 3.17. The van der Waals surface area contributed by atoms with E-state index in [1.807, 2.05) is 12.1 Å². The zero-order chi connectivity index (χ0) is 20.3. The summed E-state index contributed by atoms with van der Waals surface area (Å²) in [6.07, 6.45) is 0.377. The van der Waals surface area contributed by atoms with Crippen LogP contribution in [0.3, 0.4) is 0 Å². The number of benzene rings is 1. The summed E-state index contributed by atoms with van der Waals surface area (Å²) in [6, 6.07) is 4.83. The Balaban J connectivity index is 2.13. The fourth-order valence-corrected chi connectivity index (χ4v) is 4.55. The molecule has 0 spiro atoms. The van der Waals surface area contributed by atoms with Crippen molar-refractivity contribution in [2.24, 2.45) is 4.99 Å². The van der Waals surface area contributed by atoms with Crippen LogP contribution in [-0.2, 0) is 19.1 Å². The molecule has 0 bridgehead atoms. The largest absolute Gasteiger partial charge is 0.496 e. The summed E-state index contributed by atoms with van der Waals surface area (Å²) in [4.78, 5) is 31.8. The molecule has 0 aliphatic carbocycles. The quantitative estimate of drug-likeness (QED) is 0.470. The number of fused-ring (bicyclic) bond motifs is 1. The number of methoxy groups -OCH3 is 2. The molecule has 1 saturated heterocycles. The molecule has 1 aromatic carbocycles. The van der Waals surface area contributed by atoms with Gasteiger partial charge in [0.05, 0.1) is 25.0 Å². The van der Waals surface area contributed by atoms with Gasteiger partial charge in [-0.05, 0) is 25.1 Å². The Bertz CT molecular complexity index is 855. The molecule has 150 valence electrons. The van der Waals surface area contributed by atoms with E-state index in [1.165, 1.54) is 18.9 Å². The number of ether oxygens (including phenoxy) is 3. The number of amidine groups is 1. The maximum Gasteiger partial charge on any atom is 0.338 e. The van der Waals surface area contributed by atoms with Gasteiger partial charge in [-0.2, -0.15) is 0 Å². The van der Waals surface area contributed by atoms with Crippen molar-refractivity contribution in [1.29, 1.82) is 0 Å². The Morgan fingerprint density at radius 1 is 1.36 bits per heavy atom. The smallest absolute Gasteiger partial charge is 0.338 e. The number of carbonyl (C=O) groups is 2. The second-order valence-corrected chi connectivity index (χ2v) is 8.15. The van der Waals surface area contributed by atoms with Gasteiger partial charge < -0.3 is 14.2 Å². The van der Waals surface area contributed by atoms with Crippen molar-refractivity contribution in [1.82, 2.24) is 4.90 Å². The molecule has 0 unspecified atom stereocenters. The highest BCUT2D eigenvalue weighted by molar-refractivity contribution is 9.10. The van der Waals surface area contributed by atoms with Crippen LogP contribution in [0.4, 0.5) is 0 Å². The number of rotatable bonds is 6. The molecule has 1 atom stereocenters. The molecule has 1 aromatic rings. The third-order valence-electron chi connectivity index (χ3n) is 4.43. The van der Waals surface area contributed by atoms with E-state index in [1.54, 1.807) is 25.0 Å². The first kappa shape index (κ1) is 20.9. The number of allylic oxidation sites excluding steroid dienone is 1. The molecule has 0 aromatic heterocycles. The SMILES string of the molecule is COCCOC(=O)C1=C(C)N=C2SCCC(=O)N2[C@@H]1c1cc(Br)ccc1OC. The van der Waals surface area contributed by atoms with Gasteiger partial charge in [0.15, 0.2) is 5.17 Å². The summed E-state index contributed by atoms with van der Waals surface area (Å²) >= 11 is 4.98. The van der Waals surface area contributed by atoms with Crippen LogP contribution in [0.25, 0.3) is 0 Å². The van der Waals surface area contributed by atoms with E-state index in [4.69, 9.17) is 14.2 Å². The van der Waals surface area contributed by atoms with Gasteiger partial charge in [-0.3, -0.25) is 9.69 Å². The number of hydrogen-bond acceptors (Lipinski definition) is 7. The number of hydrogen-bond donors (Lipinski definition) is 0. The minimum atomic E-state index is -0.671. The molecule has 1 amide bonds. The van der Waals surface area contributed by atoms with Crippen molar-refractivity contribution < 1.29 is 23.8 Å². The number of nitrogens with zero attached hydrogens (tertiary/aromatic N) is 2. The third kappa shape index (κ3) is 4.11. The first-order valence-electron chi connectivity index (χ1n) is 8.71. The second kappa shape index (κ2) is 9.11. The average Bonchev–Trinajstić information content (AvgIpc) is 2.67. The van der Waals surface area contributed by atoms with Gasteiger partial charge in [0.2, 0.25) is 5.91 Å². The van der Waals surface area contributed by atoms with Crippen molar-refractivity contribution >= 4 is 44.7 Å². The van der Waals surface area contributed by atoms with Crippen LogP contribution in [0, 0.1) is 0 Å². The first-order valence-corrected chi connectivity index (χ1v) is 10.5. The van der Waals surface area contributed by atoms with Crippen LogP contribution in [0.5, 0.6) is 5.75 Å². The van der Waals surface area contributed by atoms with Crippen molar-refractivity contribution in [2.75, 3.05) is 33.2 Å². The van der Waals surface area contributed by atoms with Gasteiger partial charge in [-0.25, -0.2) is 9.79 Å². The van der Waals surface area contributed by atoms with E-state index in [2.05, 4.69) is 20.9 Å². The molecule has 9 heteroatoms. The molecule has 1 fully saturated rings. The van der Waals surface area contributed by atoms with Gasteiger partial charge >= 0.3 is 5.97 Å². The molecule has 0 saturated carbocycles. The summed E-state index contributed by atoms with van der Waals surface area (Å²) in [6.45, 7) is 2.16. The Labute approximate surface area is 176 Å². The highest BCUT2D eigenvalue weighted by Gasteiger charge is 2.42. The normalized spacial score (nSPS) is 19.3. The highest BCUT2D eigenvalue weighted by Crippen LogP contribution is 2.43. The van der Waals surface area contributed by atoms with Crippen molar-refractivity contribution in [3.63, 3.8) is 0 Å². The number of aliphatic imine (C=N–C) groups is 1. The van der Waals surface area contributed by atoms with Crippen LogP contribution < -0.4 is 4.74 Å². The predicted octanol–water partition coefficient (Wildman–Crippen LogP) is 3.30. The Kier molecular flexibility index (Phi) is 6.79. The molecular weight excluding hydrogens is 448 g/mol. The number of halogens is 1. The van der Waals surface area contributed by atoms with Crippen molar-refractivity contribution in [3.8, 4) is 5.75 Å². The molecule has 0 N–H and O–H groups in total. The highest BCUT2D eigenvalue weighted by atomic mass is 79.9. The first-order chi connectivity index (χ1) is 13.5. The van der Waals surface area contributed by atoms with Crippen molar-refractivity contribution in [2.45, 2.75) is 19.4 Å². The lowest BCUT2D eigenvalue weighted by atomic mass is 9.93. The Hall–Kier alpha value is -1.84. The molecule has 2 heterocycles. The van der Waals surface area contributed by atoms with Crippen LogP contribution in [0.15, 0.2) is 38.9 Å². The van der Waals surface area contributed by atoms with Gasteiger partial charge in [0, 0.05) is 29.3 Å². The van der Waals surface area contributed by atoms with Crippen molar-refractivity contribution in [3.05, 3.63) is 39.5 Å². The van der Waals surface area contributed by atoms with Gasteiger partial charge in [-0.1, -0.05) is 27.7 Å². The summed E-state index contributed by atoms with van der Waals surface area (Å²) in [7, 11) is 3.10. The monoisotopic (exact) mass is 468 g/mol. The lowest BCUT2D eigenvalue weighted by Crippen LogP contribution is -2.46. The maximum absolute atomic E-state index is 12.9. The molecule has 7 nitrogen and oxygen atoms in total. The van der Waals surface area contributed by atoms with Crippen LogP contribution >= 0.6 is 27.7 Å². The molecule has 2 aliphatic heterocycles. The van der Waals surface area contributed by atoms with Gasteiger partial charge in [0.25, 0.3) is 0 Å². The number of carbonyl (C=O) groups excluding carboxylic acids is 2. The molecule has 2 aliphatic rings. The van der Waals surface area contributed by atoms with Crippen LogP contribution in [0.2, 0.25) is 0 Å². The topological polar surface area (TPSA) is 77.4 Å². The summed E-state index contributed by atoms with van der Waals surface area (Å²) in [5, 5.41) is 0.592. The lowest BCUT2D eigenvalue weighted by Gasteiger charge is -2.39.